The molecule has 0 saturated heterocycles. The summed E-state index contributed by atoms with van der Waals surface area (Å²) in [5.41, 5.74) is 1.54. The van der Waals surface area contributed by atoms with Crippen LogP contribution in [0.5, 0.6) is 17.2 Å². The number of anilines is 1. The van der Waals surface area contributed by atoms with Crippen LogP contribution < -0.4 is 24.8 Å². The minimum Gasteiger partial charge on any atom is -0.497 e. The van der Waals surface area contributed by atoms with Gasteiger partial charge in [0.05, 0.1) is 34.0 Å². The molecule has 0 fully saturated rings. The first-order valence-corrected chi connectivity index (χ1v) is 8.70. The van der Waals surface area contributed by atoms with Crippen molar-refractivity contribution >= 4 is 35.6 Å². The second-order valence-corrected chi connectivity index (χ2v) is 5.71. The highest BCUT2D eigenvalue weighted by Crippen LogP contribution is 2.29. The molecule has 7 nitrogen and oxygen atoms in total. The summed E-state index contributed by atoms with van der Waals surface area (Å²) >= 11 is 0. The van der Waals surface area contributed by atoms with Crippen LogP contribution in [-0.4, -0.2) is 45.5 Å². The van der Waals surface area contributed by atoms with E-state index in [2.05, 4.69) is 15.6 Å². The standard InChI is InChI=1S/C20H27N3O4.HI/c1-5-21-20(23-15-9-10-18(26-3)19(12-15)27-4)22-13-17(24)14-7-6-8-16(11-14)25-2;/h6-12,17,24H,5,13H2,1-4H3,(H2,21,22,23);1H. The molecule has 0 saturated carbocycles. The van der Waals surface area contributed by atoms with E-state index in [0.717, 1.165) is 11.3 Å². The Morgan fingerprint density at radius 3 is 2.43 bits per heavy atom. The highest BCUT2D eigenvalue weighted by molar-refractivity contribution is 14.0. The number of nitrogens with one attached hydrogen (secondary N) is 2. The van der Waals surface area contributed by atoms with E-state index in [0.29, 0.717) is 29.8 Å². The second-order valence-electron chi connectivity index (χ2n) is 5.71. The van der Waals surface area contributed by atoms with E-state index in [-0.39, 0.29) is 30.5 Å². The van der Waals surface area contributed by atoms with Crippen LogP contribution in [-0.2, 0) is 0 Å². The van der Waals surface area contributed by atoms with E-state index in [1.54, 1.807) is 27.4 Å². The zero-order valence-corrected chi connectivity index (χ0v) is 18.9. The zero-order chi connectivity index (χ0) is 19.6. The van der Waals surface area contributed by atoms with Gasteiger partial charge in [-0.1, -0.05) is 12.1 Å². The molecule has 28 heavy (non-hydrogen) atoms. The van der Waals surface area contributed by atoms with Gasteiger partial charge in [0.25, 0.3) is 0 Å². The number of nitrogens with zero attached hydrogens (tertiary/aromatic N) is 1. The number of methoxy groups -OCH3 is 3. The van der Waals surface area contributed by atoms with Gasteiger partial charge in [0, 0.05) is 18.3 Å². The van der Waals surface area contributed by atoms with Crippen LogP contribution in [0, 0.1) is 0 Å². The molecule has 0 radical (unpaired) electrons. The van der Waals surface area contributed by atoms with Crippen molar-refractivity contribution in [3.8, 4) is 17.2 Å². The van der Waals surface area contributed by atoms with Crippen LogP contribution in [0.1, 0.15) is 18.6 Å². The summed E-state index contributed by atoms with van der Waals surface area (Å²) in [6.45, 7) is 2.87. The van der Waals surface area contributed by atoms with E-state index >= 15 is 0 Å². The molecule has 0 bridgehead atoms. The Labute approximate surface area is 183 Å². The quantitative estimate of drug-likeness (QED) is 0.292. The number of ether oxygens (including phenoxy) is 3. The lowest BCUT2D eigenvalue weighted by Crippen LogP contribution is -2.31. The van der Waals surface area contributed by atoms with E-state index in [9.17, 15) is 5.11 Å². The third-order valence-electron chi connectivity index (χ3n) is 3.89. The van der Waals surface area contributed by atoms with E-state index in [1.807, 2.05) is 43.3 Å². The van der Waals surface area contributed by atoms with Crippen molar-refractivity contribution in [2.45, 2.75) is 13.0 Å². The minimum atomic E-state index is -0.735. The summed E-state index contributed by atoms with van der Waals surface area (Å²) in [5, 5.41) is 16.8. The summed E-state index contributed by atoms with van der Waals surface area (Å²) in [6.07, 6.45) is -0.735. The van der Waals surface area contributed by atoms with Crippen LogP contribution in [0.3, 0.4) is 0 Å². The van der Waals surface area contributed by atoms with Crippen LogP contribution >= 0.6 is 24.0 Å². The molecule has 0 aliphatic rings. The molecule has 1 atom stereocenters. The first-order valence-electron chi connectivity index (χ1n) is 8.70. The van der Waals surface area contributed by atoms with Gasteiger partial charge in [-0.3, -0.25) is 0 Å². The molecule has 0 spiro atoms. The average molecular weight is 501 g/mol. The maximum Gasteiger partial charge on any atom is 0.195 e. The Hall–Kier alpha value is -2.20. The lowest BCUT2D eigenvalue weighted by molar-refractivity contribution is 0.187. The number of aliphatic hydroxyl groups is 1. The number of guanidine groups is 1. The van der Waals surface area contributed by atoms with Gasteiger partial charge in [-0.2, -0.15) is 0 Å². The largest absolute Gasteiger partial charge is 0.497 e. The lowest BCUT2D eigenvalue weighted by Gasteiger charge is -2.15. The normalized spacial score (nSPS) is 11.8. The SMILES string of the molecule is CCNC(=NCC(O)c1cccc(OC)c1)Nc1ccc(OC)c(OC)c1.I. The molecule has 1 unspecified atom stereocenters. The number of hydrogen-bond acceptors (Lipinski definition) is 5. The third-order valence-corrected chi connectivity index (χ3v) is 3.89. The fraction of sp³-hybridized carbons (Fsp3) is 0.350. The molecule has 2 aromatic rings. The molecule has 0 amide bonds. The van der Waals surface area contributed by atoms with Crippen molar-refractivity contribution < 1.29 is 19.3 Å². The highest BCUT2D eigenvalue weighted by Gasteiger charge is 2.10. The van der Waals surface area contributed by atoms with E-state index < -0.39 is 6.10 Å². The van der Waals surface area contributed by atoms with Crippen LogP contribution in [0.15, 0.2) is 47.5 Å². The molecule has 2 rings (SSSR count). The molecule has 0 aromatic heterocycles. The molecule has 0 aliphatic carbocycles. The van der Waals surface area contributed by atoms with E-state index in [1.165, 1.54) is 0 Å². The highest BCUT2D eigenvalue weighted by atomic mass is 127. The van der Waals surface area contributed by atoms with Gasteiger partial charge in [0.15, 0.2) is 17.5 Å². The van der Waals surface area contributed by atoms with Crippen molar-refractivity contribution in [2.75, 3.05) is 39.7 Å². The minimum absolute atomic E-state index is 0. The molecular formula is C20H28IN3O4. The molecule has 0 heterocycles. The van der Waals surface area contributed by atoms with Gasteiger partial charge >= 0.3 is 0 Å². The topological polar surface area (TPSA) is 84.3 Å². The van der Waals surface area contributed by atoms with Crippen molar-refractivity contribution in [1.82, 2.24) is 5.32 Å². The first kappa shape index (κ1) is 23.8. The van der Waals surface area contributed by atoms with Gasteiger partial charge in [0.2, 0.25) is 0 Å². The Kier molecular flexibility index (Phi) is 10.5. The molecule has 0 aliphatic heterocycles. The Morgan fingerprint density at radius 2 is 1.79 bits per heavy atom. The fourth-order valence-corrected chi connectivity index (χ4v) is 2.49. The Balaban J connectivity index is 0.00000392. The predicted octanol–water partition coefficient (Wildman–Crippen LogP) is 3.44. The second kappa shape index (κ2) is 12.3. The summed E-state index contributed by atoms with van der Waals surface area (Å²) in [4.78, 5) is 4.47. The maximum atomic E-state index is 10.4. The Bertz CT molecular complexity index is 771. The molecule has 154 valence electrons. The fourth-order valence-electron chi connectivity index (χ4n) is 2.49. The molecular weight excluding hydrogens is 473 g/mol. The molecule has 2 aromatic carbocycles. The number of rotatable bonds is 8. The van der Waals surface area contributed by atoms with Crippen LogP contribution in [0.25, 0.3) is 0 Å². The van der Waals surface area contributed by atoms with Crippen molar-refractivity contribution in [3.05, 3.63) is 48.0 Å². The smallest absolute Gasteiger partial charge is 0.195 e. The number of halogens is 1. The van der Waals surface area contributed by atoms with Gasteiger partial charge < -0.3 is 30.0 Å². The average Bonchev–Trinajstić information content (AvgIpc) is 2.71. The summed E-state index contributed by atoms with van der Waals surface area (Å²) in [7, 11) is 4.78. The van der Waals surface area contributed by atoms with Gasteiger partial charge in [-0.25, -0.2) is 4.99 Å². The third kappa shape index (κ3) is 6.75. The van der Waals surface area contributed by atoms with Crippen molar-refractivity contribution in [3.63, 3.8) is 0 Å². The van der Waals surface area contributed by atoms with Gasteiger partial charge in [-0.15, -0.1) is 24.0 Å². The number of hydrogen-bond donors (Lipinski definition) is 3. The maximum absolute atomic E-state index is 10.4. The number of benzene rings is 2. The summed E-state index contributed by atoms with van der Waals surface area (Å²) < 4.78 is 15.8. The summed E-state index contributed by atoms with van der Waals surface area (Å²) in [5.74, 6) is 2.53. The number of aliphatic imine (C=N–C) groups is 1. The molecule has 8 heteroatoms. The van der Waals surface area contributed by atoms with Crippen molar-refractivity contribution in [1.29, 1.82) is 0 Å². The predicted molar refractivity (Wildman–Crippen MR) is 123 cm³/mol. The first-order chi connectivity index (χ1) is 13.1. The van der Waals surface area contributed by atoms with Gasteiger partial charge in [-0.05, 0) is 36.8 Å². The van der Waals surface area contributed by atoms with E-state index in [4.69, 9.17) is 14.2 Å². The van der Waals surface area contributed by atoms with Crippen molar-refractivity contribution in [2.24, 2.45) is 4.99 Å². The zero-order valence-electron chi connectivity index (χ0n) is 16.6. The van der Waals surface area contributed by atoms with Crippen LogP contribution in [0.2, 0.25) is 0 Å². The summed E-state index contributed by atoms with van der Waals surface area (Å²) in [6, 6.07) is 12.8. The monoisotopic (exact) mass is 501 g/mol. The Morgan fingerprint density at radius 1 is 1.04 bits per heavy atom. The number of aliphatic hydroxyl groups excluding tert-OH is 1. The van der Waals surface area contributed by atoms with Gasteiger partial charge in [0.1, 0.15) is 5.75 Å². The molecule has 3 N–H and O–H groups in total. The lowest BCUT2D eigenvalue weighted by atomic mass is 10.1. The van der Waals surface area contributed by atoms with Crippen LogP contribution in [0.4, 0.5) is 5.69 Å².